The number of ketones is 1. The summed E-state index contributed by atoms with van der Waals surface area (Å²) < 4.78 is 11.6. The molecule has 1 spiro atoms. The summed E-state index contributed by atoms with van der Waals surface area (Å²) >= 11 is 0. The molecule has 0 radical (unpaired) electrons. The van der Waals surface area contributed by atoms with Crippen LogP contribution in [0.25, 0.3) is 0 Å². The Morgan fingerprint density at radius 1 is 1.39 bits per heavy atom. The van der Waals surface area contributed by atoms with Crippen LogP contribution in [0.4, 0.5) is 0 Å². The Balaban J connectivity index is 1.86. The molecule has 1 saturated carbocycles. The van der Waals surface area contributed by atoms with E-state index in [4.69, 9.17) is 9.47 Å². The molecule has 1 N–H and O–H groups in total. The van der Waals surface area contributed by atoms with Gasteiger partial charge in [-0.1, -0.05) is 6.07 Å². The van der Waals surface area contributed by atoms with Crippen LogP contribution in [0.1, 0.15) is 30.4 Å². The first-order valence-corrected chi connectivity index (χ1v) is 8.35. The van der Waals surface area contributed by atoms with Crippen LogP contribution in [0.2, 0.25) is 0 Å². The van der Waals surface area contributed by atoms with Gasteiger partial charge in [0.25, 0.3) is 0 Å². The predicted octanol–water partition coefficient (Wildman–Crippen LogP) is 1.05. The number of hydrogen-bond acceptors (Lipinski definition) is 5. The van der Waals surface area contributed by atoms with Gasteiger partial charge in [0, 0.05) is 18.0 Å². The van der Waals surface area contributed by atoms with E-state index in [1.54, 1.807) is 7.11 Å². The predicted molar refractivity (Wildman–Crippen MR) is 83.0 cm³/mol. The van der Waals surface area contributed by atoms with Gasteiger partial charge in [0.1, 0.15) is 0 Å². The lowest BCUT2D eigenvalue weighted by Crippen LogP contribution is -2.76. The lowest BCUT2D eigenvalue weighted by atomic mass is 9.49. The second kappa shape index (κ2) is 4.08. The molecule has 2 aliphatic heterocycles. The van der Waals surface area contributed by atoms with Gasteiger partial charge in [-0.15, -0.1) is 0 Å². The summed E-state index contributed by atoms with van der Waals surface area (Å²) in [6.45, 7) is 0.871. The summed E-state index contributed by atoms with van der Waals surface area (Å²) in [6, 6.07) is 4.05. The van der Waals surface area contributed by atoms with Gasteiger partial charge < -0.3 is 19.5 Å². The molecule has 2 fully saturated rings. The van der Waals surface area contributed by atoms with E-state index in [1.165, 1.54) is 5.56 Å². The number of likely N-dealkylation sites (tertiary alicyclic amines) is 1. The van der Waals surface area contributed by atoms with Crippen LogP contribution in [0.3, 0.4) is 0 Å². The second-order valence-corrected chi connectivity index (χ2v) is 7.44. The van der Waals surface area contributed by atoms with Crippen LogP contribution in [0.5, 0.6) is 11.5 Å². The highest BCUT2D eigenvalue weighted by molar-refractivity contribution is 5.90. The number of likely N-dealkylation sites (N-methyl/N-ethyl adjacent to an activating group) is 1. The average Bonchev–Trinajstić information content (AvgIpc) is 2.90. The van der Waals surface area contributed by atoms with Crippen molar-refractivity contribution in [2.75, 3.05) is 20.7 Å². The lowest BCUT2D eigenvalue weighted by molar-refractivity contribution is -0.185. The van der Waals surface area contributed by atoms with E-state index >= 15 is 0 Å². The summed E-state index contributed by atoms with van der Waals surface area (Å²) in [5.41, 5.74) is 0.737. The van der Waals surface area contributed by atoms with Gasteiger partial charge in [-0.05, 0) is 44.5 Å². The monoisotopic (exact) mass is 315 g/mol. The molecule has 1 aromatic rings. The van der Waals surface area contributed by atoms with Gasteiger partial charge in [0.15, 0.2) is 23.4 Å². The van der Waals surface area contributed by atoms with E-state index in [1.807, 2.05) is 6.07 Å². The van der Waals surface area contributed by atoms with Gasteiger partial charge in [-0.25, -0.2) is 0 Å². The zero-order valence-corrected chi connectivity index (χ0v) is 13.5. The zero-order valence-electron chi connectivity index (χ0n) is 13.5. The van der Waals surface area contributed by atoms with Crippen molar-refractivity contribution in [3.8, 4) is 11.5 Å². The minimum absolute atomic E-state index is 0.0438. The third-order valence-corrected chi connectivity index (χ3v) is 6.73. The van der Waals surface area contributed by atoms with Crippen molar-refractivity contribution in [1.29, 1.82) is 0 Å². The van der Waals surface area contributed by atoms with Crippen molar-refractivity contribution in [3.63, 3.8) is 0 Å². The number of ether oxygens (including phenoxy) is 2. The topological polar surface area (TPSA) is 59.0 Å². The molecule has 122 valence electrons. The van der Waals surface area contributed by atoms with Crippen molar-refractivity contribution in [1.82, 2.24) is 4.90 Å². The first-order chi connectivity index (χ1) is 11.0. The standard InChI is InChI=1S/C18H21NO4/c1-19-8-7-17-14-10-3-4-12(22-2)15(14)23-16(17)11(20)5-6-18(17,21)13(19)9-10/h3-4,13,16,21H,5-9H2,1-2H3/t13-,16?,17?,18-/m1/s1. The van der Waals surface area contributed by atoms with Gasteiger partial charge >= 0.3 is 0 Å². The first kappa shape index (κ1) is 13.8. The van der Waals surface area contributed by atoms with E-state index in [-0.39, 0.29) is 11.8 Å². The van der Waals surface area contributed by atoms with Gasteiger partial charge in [-0.3, -0.25) is 4.79 Å². The summed E-state index contributed by atoms with van der Waals surface area (Å²) in [7, 11) is 3.70. The molecule has 0 aromatic heterocycles. The molecule has 4 atom stereocenters. The summed E-state index contributed by atoms with van der Waals surface area (Å²) in [6.07, 6.45) is 1.89. The third kappa shape index (κ3) is 1.32. The number of piperidine rings is 1. The minimum Gasteiger partial charge on any atom is -0.493 e. The maximum Gasteiger partial charge on any atom is 0.174 e. The molecule has 5 heteroatoms. The molecule has 2 bridgehead atoms. The molecule has 1 aromatic carbocycles. The Morgan fingerprint density at radius 2 is 2.22 bits per heavy atom. The third-order valence-electron chi connectivity index (χ3n) is 6.73. The lowest BCUT2D eigenvalue weighted by Gasteiger charge is -2.62. The van der Waals surface area contributed by atoms with Crippen molar-refractivity contribution >= 4 is 5.78 Å². The zero-order chi connectivity index (χ0) is 16.0. The first-order valence-electron chi connectivity index (χ1n) is 8.35. The molecule has 0 amide bonds. The second-order valence-electron chi connectivity index (χ2n) is 7.44. The summed E-state index contributed by atoms with van der Waals surface area (Å²) in [5.74, 6) is 1.47. The van der Waals surface area contributed by atoms with Crippen LogP contribution in [-0.2, 0) is 16.6 Å². The SMILES string of the molecule is COc1ccc2c3c1OC1C(=O)CC[C@@]4(O)[C@@H](C2)N(C)CCC314. The van der Waals surface area contributed by atoms with E-state index in [0.29, 0.717) is 24.3 Å². The number of aliphatic hydroxyl groups is 1. The smallest absolute Gasteiger partial charge is 0.174 e. The maximum absolute atomic E-state index is 12.7. The highest BCUT2D eigenvalue weighted by Crippen LogP contribution is 2.64. The molecule has 2 aliphatic carbocycles. The number of methoxy groups -OCH3 is 1. The Morgan fingerprint density at radius 3 is 3.00 bits per heavy atom. The number of benzene rings is 1. The molecule has 5 rings (SSSR count). The molecular formula is C18H21NO4. The van der Waals surface area contributed by atoms with Crippen LogP contribution < -0.4 is 9.47 Å². The minimum atomic E-state index is -0.900. The molecule has 1 saturated heterocycles. The molecule has 2 unspecified atom stereocenters. The fourth-order valence-electron chi connectivity index (χ4n) is 5.69. The highest BCUT2D eigenvalue weighted by Gasteiger charge is 2.72. The van der Waals surface area contributed by atoms with Crippen molar-refractivity contribution in [3.05, 3.63) is 23.3 Å². The molecule has 2 heterocycles. The summed E-state index contributed by atoms with van der Waals surface area (Å²) in [4.78, 5) is 14.9. The largest absolute Gasteiger partial charge is 0.493 e. The maximum atomic E-state index is 12.7. The van der Waals surface area contributed by atoms with Crippen molar-refractivity contribution in [2.45, 2.75) is 48.8 Å². The average molecular weight is 315 g/mol. The van der Waals surface area contributed by atoms with E-state index in [9.17, 15) is 9.90 Å². The van der Waals surface area contributed by atoms with Crippen LogP contribution in [0.15, 0.2) is 12.1 Å². The van der Waals surface area contributed by atoms with Crippen LogP contribution in [0, 0.1) is 0 Å². The van der Waals surface area contributed by atoms with Crippen LogP contribution >= 0.6 is 0 Å². The Hall–Kier alpha value is -1.59. The number of rotatable bonds is 1. The van der Waals surface area contributed by atoms with E-state index < -0.39 is 17.1 Å². The van der Waals surface area contributed by atoms with E-state index in [0.717, 1.165) is 24.9 Å². The number of carbonyl (C=O) groups excluding carboxylic acids is 1. The van der Waals surface area contributed by atoms with Crippen molar-refractivity contribution in [2.24, 2.45) is 0 Å². The molecular weight excluding hydrogens is 294 g/mol. The highest BCUT2D eigenvalue weighted by atomic mass is 16.5. The fourth-order valence-corrected chi connectivity index (χ4v) is 5.69. The molecule has 23 heavy (non-hydrogen) atoms. The molecule has 5 nitrogen and oxygen atoms in total. The Labute approximate surface area is 135 Å². The van der Waals surface area contributed by atoms with Gasteiger partial charge in [0.2, 0.25) is 0 Å². The summed E-state index contributed by atoms with van der Waals surface area (Å²) in [5, 5.41) is 11.7. The quantitative estimate of drug-likeness (QED) is 0.839. The normalized spacial score (nSPS) is 40.6. The Kier molecular flexibility index (Phi) is 2.45. The van der Waals surface area contributed by atoms with Crippen LogP contribution in [-0.4, -0.2) is 54.2 Å². The van der Waals surface area contributed by atoms with E-state index in [2.05, 4.69) is 18.0 Å². The van der Waals surface area contributed by atoms with Gasteiger partial charge in [0.05, 0.1) is 18.1 Å². The number of Topliss-reactive ketones (excluding diaryl/α,β-unsaturated/α-hetero) is 1. The van der Waals surface area contributed by atoms with Crippen molar-refractivity contribution < 1.29 is 19.4 Å². The van der Waals surface area contributed by atoms with Gasteiger partial charge in [-0.2, -0.15) is 0 Å². The Bertz CT molecular complexity index is 732. The fraction of sp³-hybridized carbons (Fsp3) is 0.611. The number of nitrogens with zero attached hydrogens (tertiary/aromatic N) is 1. The molecule has 4 aliphatic rings. The number of carbonyl (C=O) groups is 1. The number of hydrogen-bond donors (Lipinski definition) is 1.